The average Bonchev–Trinajstić information content (AvgIpc) is 2.68. The van der Waals surface area contributed by atoms with Gasteiger partial charge in [-0.05, 0) is 35.4 Å². The van der Waals surface area contributed by atoms with Crippen molar-refractivity contribution in [2.45, 2.75) is 4.90 Å². The molecule has 0 aromatic heterocycles. The number of hydrogen-bond donors (Lipinski definition) is 1. The van der Waals surface area contributed by atoms with Crippen molar-refractivity contribution >= 4 is 43.2 Å². The van der Waals surface area contributed by atoms with Gasteiger partial charge < -0.3 is 9.47 Å². The molecule has 3 aromatic rings. The molecule has 0 radical (unpaired) electrons. The van der Waals surface area contributed by atoms with Gasteiger partial charge in [-0.3, -0.25) is 4.72 Å². The maximum Gasteiger partial charge on any atom is 0.265 e. The van der Waals surface area contributed by atoms with Crippen LogP contribution in [0.2, 0.25) is 5.02 Å². The third-order valence-corrected chi connectivity index (χ3v) is 6.13. The standard InChI is InChI=1S/C20H17BrClNO4S/c1-26-18-9-8-14(13-6-4-3-5-7-13)10-17(18)23-28(24,25)19-12-15(21)11-16(22)20(19)27-2/h3-12,23H,1-2H3. The van der Waals surface area contributed by atoms with Crippen LogP contribution < -0.4 is 14.2 Å². The Hall–Kier alpha value is -2.22. The molecule has 0 amide bonds. The molecule has 28 heavy (non-hydrogen) atoms. The third kappa shape index (κ3) is 4.27. The van der Waals surface area contributed by atoms with Crippen molar-refractivity contribution < 1.29 is 17.9 Å². The number of halogens is 2. The molecule has 0 aliphatic heterocycles. The van der Waals surface area contributed by atoms with Gasteiger partial charge in [-0.1, -0.05) is 63.9 Å². The van der Waals surface area contributed by atoms with Crippen LogP contribution in [0.15, 0.2) is 70.0 Å². The lowest BCUT2D eigenvalue weighted by molar-refractivity contribution is 0.403. The van der Waals surface area contributed by atoms with Gasteiger partial charge in [-0.15, -0.1) is 0 Å². The minimum Gasteiger partial charge on any atom is -0.495 e. The highest BCUT2D eigenvalue weighted by molar-refractivity contribution is 9.10. The Balaban J connectivity index is 2.08. The second-order valence-corrected chi connectivity index (χ2v) is 8.78. The number of ether oxygens (including phenoxy) is 2. The monoisotopic (exact) mass is 481 g/mol. The van der Waals surface area contributed by atoms with Gasteiger partial charge in [0.25, 0.3) is 10.0 Å². The molecular formula is C20H17BrClNO4S. The smallest absolute Gasteiger partial charge is 0.265 e. The van der Waals surface area contributed by atoms with Crippen molar-refractivity contribution in [2.24, 2.45) is 0 Å². The highest BCUT2D eigenvalue weighted by Gasteiger charge is 2.24. The Morgan fingerprint density at radius 3 is 2.29 bits per heavy atom. The van der Waals surface area contributed by atoms with Crippen LogP contribution in [0.5, 0.6) is 11.5 Å². The van der Waals surface area contributed by atoms with Crippen molar-refractivity contribution in [1.29, 1.82) is 0 Å². The molecule has 3 aromatic carbocycles. The molecule has 5 nitrogen and oxygen atoms in total. The van der Waals surface area contributed by atoms with Gasteiger partial charge >= 0.3 is 0 Å². The number of rotatable bonds is 6. The van der Waals surface area contributed by atoms with Crippen LogP contribution in [0.25, 0.3) is 11.1 Å². The lowest BCUT2D eigenvalue weighted by Gasteiger charge is -2.16. The molecule has 0 fully saturated rings. The molecule has 0 unspecified atom stereocenters. The van der Waals surface area contributed by atoms with Crippen molar-refractivity contribution in [3.05, 3.63) is 70.2 Å². The average molecular weight is 483 g/mol. The zero-order valence-electron chi connectivity index (χ0n) is 15.1. The summed E-state index contributed by atoms with van der Waals surface area (Å²) in [6.45, 7) is 0. The first kappa shape index (κ1) is 20.5. The first-order chi connectivity index (χ1) is 13.4. The minimum atomic E-state index is -4.00. The summed E-state index contributed by atoms with van der Waals surface area (Å²) in [5.41, 5.74) is 2.11. The molecule has 0 aliphatic rings. The lowest BCUT2D eigenvalue weighted by atomic mass is 10.1. The van der Waals surface area contributed by atoms with Crippen molar-refractivity contribution in [3.63, 3.8) is 0 Å². The summed E-state index contributed by atoms with van der Waals surface area (Å²) in [7, 11) is -1.16. The topological polar surface area (TPSA) is 64.6 Å². The number of anilines is 1. The van der Waals surface area contributed by atoms with E-state index in [2.05, 4.69) is 20.7 Å². The van der Waals surface area contributed by atoms with Crippen LogP contribution in [0.1, 0.15) is 0 Å². The maximum atomic E-state index is 13.1. The van der Waals surface area contributed by atoms with E-state index in [1.807, 2.05) is 36.4 Å². The molecule has 8 heteroatoms. The van der Waals surface area contributed by atoms with E-state index in [0.29, 0.717) is 15.9 Å². The van der Waals surface area contributed by atoms with Gasteiger partial charge in [0.2, 0.25) is 0 Å². The van der Waals surface area contributed by atoms with Gasteiger partial charge in [0.15, 0.2) is 5.75 Å². The summed E-state index contributed by atoms with van der Waals surface area (Å²) in [5.74, 6) is 0.457. The first-order valence-electron chi connectivity index (χ1n) is 8.15. The SMILES string of the molecule is COc1ccc(-c2ccccc2)cc1NS(=O)(=O)c1cc(Br)cc(Cl)c1OC. The number of sulfonamides is 1. The van der Waals surface area contributed by atoms with E-state index in [9.17, 15) is 8.42 Å². The van der Waals surface area contributed by atoms with Crippen molar-refractivity contribution in [2.75, 3.05) is 18.9 Å². The molecule has 0 atom stereocenters. The van der Waals surface area contributed by atoms with Crippen LogP contribution >= 0.6 is 27.5 Å². The van der Waals surface area contributed by atoms with E-state index in [1.54, 1.807) is 18.2 Å². The molecule has 0 bridgehead atoms. The van der Waals surface area contributed by atoms with Crippen LogP contribution in [0.3, 0.4) is 0 Å². The van der Waals surface area contributed by atoms with E-state index in [4.69, 9.17) is 21.1 Å². The summed E-state index contributed by atoms with van der Waals surface area (Å²) in [6, 6.07) is 17.9. The second kappa shape index (κ2) is 8.43. The third-order valence-electron chi connectivity index (χ3n) is 4.02. The number of benzene rings is 3. The van der Waals surface area contributed by atoms with Gasteiger partial charge in [0.05, 0.1) is 24.9 Å². The fraction of sp³-hybridized carbons (Fsp3) is 0.100. The molecule has 0 saturated carbocycles. The highest BCUT2D eigenvalue weighted by Crippen LogP contribution is 2.38. The summed E-state index contributed by atoms with van der Waals surface area (Å²) >= 11 is 9.40. The van der Waals surface area contributed by atoms with E-state index < -0.39 is 10.0 Å². The highest BCUT2D eigenvalue weighted by atomic mass is 79.9. The zero-order chi connectivity index (χ0) is 20.3. The Morgan fingerprint density at radius 1 is 0.929 bits per heavy atom. The molecule has 1 N–H and O–H groups in total. The predicted molar refractivity (Wildman–Crippen MR) is 115 cm³/mol. The summed E-state index contributed by atoms with van der Waals surface area (Å²) in [5, 5.41) is 0.183. The quantitative estimate of drug-likeness (QED) is 0.497. The molecule has 146 valence electrons. The van der Waals surface area contributed by atoms with E-state index in [-0.39, 0.29) is 15.7 Å². The van der Waals surface area contributed by atoms with Gasteiger partial charge in [-0.2, -0.15) is 0 Å². The normalized spacial score (nSPS) is 11.1. The molecule has 0 saturated heterocycles. The largest absolute Gasteiger partial charge is 0.495 e. The van der Waals surface area contributed by atoms with Crippen LogP contribution in [0.4, 0.5) is 5.69 Å². The van der Waals surface area contributed by atoms with Gasteiger partial charge in [0.1, 0.15) is 10.6 Å². The van der Waals surface area contributed by atoms with Crippen LogP contribution in [0, 0.1) is 0 Å². The lowest BCUT2D eigenvalue weighted by Crippen LogP contribution is -2.15. The van der Waals surface area contributed by atoms with E-state index >= 15 is 0 Å². The van der Waals surface area contributed by atoms with Crippen LogP contribution in [-0.4, -0.2) is 22.6 Å². The zero-order valence-corrected chi connectivity index (χ0v) is 18.2. The Kier molecular flexibility index (Phi) is 6.17. The maximum absolute atomic E-state index is 13.1. The Bertz CT molecular complexity index is 1100. The minimum absolute atomic E-state index is 0.0653. The Labute approximate surface area is 177 Å². The molecule has 0 spiro atoms. The van der Waals surface area contributed by atoms with Crippen molar-refractivity contribution in [3.8, 4) is 22.6 Å². The molecular weight excluding hydrogens is 466 g/mol. The first-order valence-corrected chi connectivity index (χ1v) is 10.8. The number of hydrogen-bond acceptors (Lipinski definition) is 4. The van der Waals surface area contributed by atoms with Gasteiger partial charge in [0, 0.05) is 4.47 Å². The fourth-order valence-electron chi connectivity index (χ4n) is 2.73. The Morgan fingerprint density at radius 2 is 1.64 bits per heavy atom. The molecule has 3 rings (SSSR count). The number of methoxy groups -OCH3 is 2. The van der Waals surface area contributed by atoms with E-state index in [0.717, 1.165) is 11.1 Å². The van der Waals surface area contributed by atoms with Gasteiger partial charge in [-0.25, -0.2) is 8.42 Å². The van der Waals surface area contributed by atoms with E-state index in [1.165, 1.54) is 20.3 Å². The summed E-state index contributed by atoms with van der Waals surface area (Å²) < 4.78 is 39.8. The predicted octanol–water partition coefficient (Wildman–Crippen LogP) is 5.59. The fourth-order valence-corrected chi connectivity index (χ4v) is 5.10. The molecule has 0 heterocycles. The van der Waals surface area contributed by atoms with Crippen molar-refractivity contribution in [1.82, 2.24) is 0 Å². The molecule has 0 aliphatic carbocycles. The second-order valence-electron chi connectivity index (χ2n) is 5.81. The van der Waals surface area contributed by atoms with Crippen LogP contribution in [-0.2, 0) is 10.0 Å². The summed E-state index contributed by atoms with van der Waals surface area (Å²) in [6.07, 6.45) is 0. The number of nitrogens with one attached hydrogen (secondary N) is 1. The summed E-state index contributed by atoms with van der Waals surface area (Å²) in [4.78, 5) is -0.0819.